The lowest BCUT2D eigenvalue weighted by atomic mass is 9.92. The zero-order chi connectivity index (χ0) is 20.1. The summed E-state index contributed by atoms with van der Waals surface area (Å²) in [5, 5.41) is 4.76. The van der Waals surface area contributed by atoms with Crippen molar-refractivity contribution < 1.29 is 12.9 Å². The van der Waals surface area contributed by atoms with E-state index in [1.807, 2.05) is 24.3 Å². The van der Waals surface area contributed by atoms with Crippen molar-refractivity contribution >= 4 is 21.8 Å². The van der Waals surface area contributed by atoms with Crippen LogP contribution in [-0.2, 0) is 10.2 Å². The van der Waals surface area contributed by atoms with Crippen LogP contribution in [0.4, 0.5) is 0 Å². The molecule has 2 saturated heterocycles. The molecule has 5 rings (SSSR count). The van der Waals surface area contributed by atoms with Gasteiger partial charge in [-0.15, -0.1) is 0 Å². The van der Waals surface area contributed by atoms with Crippen LogP contribution < -0.4 is 0 Å². The van der Waals surface area contributed by atoms with Crippen molar-refractivity contribution in [2.24, 2.45) is 5.41 Å². The quantitative estimate of drug-likeness (QED) is 0.730. The number of benzene rings is 1. The minimum absolute atomic E-state index is 0.103. The Labute approximate surface area is 176 Å². The highest BCUT2D eigenvalue weighted by molar-refractivity contribution is 7.86. The molecule has 3 heterocycles. The Morgan fingerprint density at radius 1 is 1.07 bits per heavy atom. The molecule has 2 aliphatic heterocycles. The minimum atomic E-state index is -3.32. The highest BCUT2D eigenvalue weighted by Gasteiger charge is 2.59. The molecule has 0 amide bonds. The van der Waals surface area contributed by atoms with Crippen LogP contribution in [0.5, 0.6) is 0 Å². The fraction of sp³-hybridized carbons (Fsp3) is 0.600. The third-order valence-electron chi connectivity index (χ3n) is 6.70. The first-order valence-electron chi connectivity index (χ1n) is 10.3. The van der Waals surface area contributed by atoms with E-state index in [9.17, 15) is 8.42 Å². The molecule has 7 nitrogen and oxygen atoms in total. The van der Waals surface area contributed by atoms with Gasteiger partial charge < -0.3 is 4.52 Å². The number of hydrogen-bond acceptors (Lipinski definition) is 5. The average molecular weight is 437 g/mol. The number of hydrogen-bond donors (Lipinski definition) is 0. The van der Waals surface area contributed by atoms with E-state index in [1.54, 1.807) is 8.61 Å². The zero-order valence-electron chi connectivity index (χ0n) is 16.3. The summed E-state index contributed by atoms with van der Waals surface area (Å²) >= 11 is 6.06. The molecule has 1 saturated carbocycles. The van der Waals surface area contributed by atoms with E-state index in [0.29, 0.717) is 42.9 Å². The molecule has 1 spiro atoms. The van der Waals surface area contributed by atoms with E-state index in [-0.39, 0.29) is 11.3 Å². The van der Waals surface area contributed by atoms with Crippen LogP contribution in [0.15, 0.2) is 28.8 Å². The lowest BCUT2D eigenvalue weighted by Crippen LogP contribution is -2.49. The molecule has 1 aromatic carbocycles. The summed E-state index contributed by atoms with van der Waals surface area (Å²) in [5.41, 5.74) is 0.941. The predicted octanol–water partition coefficient (Wildman–Crippen LogP) is 3.69. The molecule has 1 atom stereocenters. The number of halogens is 1. The second-order valence-electron chi connectivity index (χ2n) is 8.45. The van der Waals surface area contributed by atoms with Crippen molar-refractivity contribution in [2.75, 3.05) is 26.2 Å². The van der Waals surface area contributed by atoms with Crippen molar-refractivity contribution in [2.45, 2.75) is 44.4 Å². The monoisotopic (exact) mass is 436 g/mol. The van der Waals surface area contributed by atoms with E-state index in [0.717, 1.165) is 44.1 Å². The van der Waals surface area contributed by atoms with E-state index in [4.69, 9.17) is 16.1 Å². The number of piperidine rings is 2. The third-order valence-corrected chi connectivity index (χ3v) is 8.97. The van der Waals surface area contributed by atoms with Crippen LogP contribution in [0, 0.1) is 5.41 Å². The van der Waals surface area contributed by atoms with Crippen molar-refractivity contribution in [3.8, 4) is 11.4 Å². The van der Waals surface area contributed by atoms with Crippen LogP contribution >= 0.6 is 11.6 Å². The summed E-state index contributed by atoms with van der Waals surface area (Å²) in [5.74, 6) is 1.43. The van der Waals surface area contributed by atoms with Gasteiger partial charge in [-0.25, -0.2) is 0 Å². The Bertz CT molecular complexity index is 995. The largest absolute Gasteiger partial charge is 0.339 e. The maximum atomic E-state index is 12.9. The summed E-state index contributed by atoms with van der Waals surface area (Å²) in [4.78, 5) is 4.60. The molecule has 1 aliphatic carbocycles. The second-order valence-corrected chi connectivity index (χ2v) is 10.8. The van der Waals surface area contributed by atoms with Crippen LogP contribution in [0.25, 0.3) is 11.4 Å². The third kappa shape index (κ3) is 3.60. The summed E-state index contributed by atoms with van der Waals surface area (Å²) in [7, 11) is -3.32. The number of nitrogens with zero attached hydrogens (tertiary/aromatic N) is 4. The minimum Gasteiger partial charge on any atom is -0.339 e. The van der Waals surface area contributed by atoms with Gasteiger partial charge in [0.25, 0.3) is 10.2 Å². The van der Waals surface area contributed by atoms with Gasteiger partial charge in [0, 0.05) is 42.7 Å². The Kier molecular flexibility index (Phi) is 4.93. The lowest BCUT2D eigenvalue weighted by molar-refractivity contribution is 0.223. The van der Waals surface area contributed by atoms with E-state index in [1.165, 1.54) is 0 Å². The fourth-order valence-corrected chi connectivity index (χ4v) is 6.67. The van der Waals surface area contributed by atoms with Gasteiger partial charge >= 0.3 is 0 Å². The maximum Gasteiger partial charge on any atom is 0.281 e. The molecule has 1 unspecified atom stereocenters. The molecule has 29 heavy (non-hydrogen) atoms. The van der Waals surface area contributed by atoms with E-state index in [2.05, 4.69) is 10.1 Å². The smallest absolute Gasteiger partial charge is 0.281 e. The molecule has 9 heteroatoms. The molecule has 2 aromatic rings. The molecule has 156 valence electrons. The van der Waals surface area contributed by atoms with Crippen molar-refractivity contribution in [3.05, 3.63) is 35.2 Å². The molecule has 3 aliphatic rings. The maximum absolute atomic E-state index is 12.9. The summed E-state index contributed by atoms with van der Waals surface area (Å²) < 4.78 is 34.7. The van der Waals surface area contributed by atoms with E-state index < -0.39 is 10.2 Å². The number of rotatable bonds is 4. The molecule has 0 N–H and O–H groups in total. The van der Waals surface area contributed by atoms with Crippen LogP contribution in [0.2, 0.25) is 5.02 Å². The lowest BCUT2D eigenvalue weighted by Gasteiger charge is -2.36. The van der Waals surface area contributed by atoms with Crippen LogP contribution in [-0.4, -0.2) is 53.3 Å². The average Bonchev–Trinajstić information content (AvgIpc) is 3.20. The first-order valence-corrected chi connectivity index (χ1v) is 12.1. The standard InChI is InChI=1S/C20H25ClN4O3S/c21-16-6-4-5-15(13-16)18-22-19(28-23-18)17-14-20(17)7-11-25(12-8-20)29(26,27)24-9-2-1-3-10-24/h4-6,13,17H,1-3,7-12,14H2. The Morgan fingerprint density at radius 3 is 2.52 bits per heavy atom. The van der Waals surface area contributed by atoms with Crippen molar-refractivity contribution in [3.63, 3.8) is 0 Å². The molecule has 0 bridgehead atoms. The molecular formula is C20H25ClN4O3S. The van der Waals surface area contributed by atoms with Gasteiger partial charge in [-0.1, -0.05) is 35.3 Å². The first kappa shape index (κ1) is 19.5. The summed E-state index contributed by atoms with van der Waals surface area (Å²) in [6.07, 6.45) is 5.73. The Balaban J connectivity index is 1.24. The van der Waals surface area contributed by atoms with Crippen molar-refractivity contribution in [1.29, 1.82) is 0 Å². The zero-order valence-corrected chi connectivity index (χ0v) is 17.8. The fourth-order valence-electron chi connectivity index (χ4n) is 4.79. The normalized spacial score (nSPS) is 25.3. The molecular weight excluding hydrogens is 412 g/mol. The predicted molar refractivity (Wildman–Crippen MR) is 110 cm³/mol. The van der Waals surface area contributed by atoms with Gasteiger partial charge in [-0.2, -0.15) is 22.0 Å². The second kappa shape index (κ2) is 7.34. The van der Waals surface area contributed by atoms with Gasteiger partial charge in [0.2, 0.25) is 11.7 Å². The van der Waals surface area contributed by atoms with E-state index >= 15 is 0 Å². The van der Waals surface area contributed by atoms with Gasteiger partial charge in [-0.3, -0.25) is 0 Å². The van der Waals surface area contributed by atoms with Crippen LogP contribution in [0.3, 0.4) is 0 Å². The Hall–Kier alpha value is -1.48. The SMILES string of the molecule is O=S(=O)(N1CCCCC1)N1CCC2(CC1)CC2c1nc(-c2cccc(Cl)c2)no1. The van der Waals surface area contributed by atoms with Gasteiger partial charge in [0.05, 0.1) is 0 Å². The van der Waals surface area contributed by atoms with Gasteiger partial charge in [0.15, 0.2) is 0 Å². The van der Waals surface area contributed by atoms with Gasteiger partial charge in [0.1, 0.15) is 0 Å². The number of aromatic nitrogens is 2. The highest BCUT2D eigenvalue weighted by Crippen LogP contribution is 2.64. The topological polar surface area (TPSA) is 79.5 Å². The molecule has 3 fully saturated rings. The molecule has 0 radical (unpaired) electrons. The Morgan fingerprint density at radius 2 is 1.79 bits per heavy atom. The molecule has 1 aromatic heterocycles. The summed E-state index contributed by atoms with van der Waals surface area (Å²) in [6, 6.07) is 7.41. The van der Waals surface area contributed by atoms with Gasteiger partial charge in [-0.05, 0) is 49.7 Å². The van der Waals surface area contributed by atoms with Crippen LogP contribution in [0.1, 0.15) is 50.3 Å². The first-order chi connectivity index (χ1) is 14.0. The highest BCUT2D eigenvalue weighted by atomic mass is 35.5. The summed E-state index contributed by atoms with van der Waals surface area (Å²) in [6.45, 7) is 2.46. The van der Waals surface area contributed by atoms with Crippen molar-refractivity contribution in [1.82, 2.24) is 18.8 Å².